The van der Waals surface area contributed by atoms with Crippen LogP contribution >= 0.6 is 0 Å². The number of pyridine rings is 1. The highest BCUT2D eigenvalue weighted by atomic mass is 16.5. The summed E-state index contributed by atoms with van der Waals surface area (Å²) in [5.74, 6) is 1.30. The van der Waals surface area contributed by atoms with Gasteiger partial charge in [-0.3, -0.25) is 4.57 Å². The lowest BCUT2D eigenvalue weighted by Crippen LogP contribution is -2.02. The predicted octanol–water partition coefficient (Wildman–Crippen LogP) is 2.13. The van der Waals surface area contributed by atoms with E-state index < -0.39 is 0 Å². The van der Waals surface area contributed by atoms with Gasteiger partial charge in [0.2, 0.25) is 0 Å². The van der Waals surface area contributed by atoms with Crippen LogP contribution in [0, 0.1) is 0 Å². The van der Waals surface area contributed by atoms with E-state index in [1.807, 2.05) is 35.0 Å². The first kappa shape index (κ1) is 9.47. The molecule has 0 spiro atoms. The third-order valence-corrected chi connectivity index (χ3v) is 3.15. The smallest absolute Gasteiger partial charge is 0.152 e. The standard InChI is InChI=1S/C13H10N4O/c14-13-11-12(8-3-1-2-4-9(8)15-13)17-5-6-18-7-10(17)16-11/h1-6H,7H2,(H2,14,15). The van der Waals surface area contributed by atoms with E-state index in [-0.39, 0.29) is 0 Å². The lowest BCUT2D eigenvalue weighted by Gasteiger charge is -2.09. The Bertz CT molecular complexity index is 803. The van der Waals surface area contributed by atoms with Crippen LogP contribution in [0.15, 0.2) is 30.5 Å². The Balaban J connectivity index is 2.28. The second-order valence-electron chi connectivity index (χ2n) is 4.21. The minimum Gasteiger partial charge on any atom is -0.492 e. The quantitative estimate of drug-likeness (QED) is 0.651. The van der Waals surface area contributed by atoms with Gasteiger partial charge >= 0.3 is 0 Å². The largest absolute Gasteiger partial charge is 0.492 e. The molecule has 4 rings (SSSR count). The summed E-state index contributed by atoms with van der Waals surface area (Å²) in [6.45, 7) is 0.457. The molecule has 88 valence electrons. The number of imidazole rings is 1. The van der Waals surface area contributed by atoms with Crippen LogP contribution in [-0.2, 0) is 11.3 Å². The summed E-state index contributed by atoms with van der Waals surface area (Å²) < 4.78 is 7.27. The van der Waals surface area contributed by atoms with Crippen molar-refractivity contribution in [1.29, 1.82) is 0 Å². The Labute approximate surface area is 103 Å². The molecule has 0 atom stereocenters. The molecule has 0 amide bonds. The average Bonchev–Trinajstić information content (AvgIpc) is 2.79. The summed E-state index contributed by atoms with van der Waals surface area (Å²) in [4.78, 5) is 8.89. The highest BCUT2D eigenvalue weighted by Crippen LogP contribution is 2.29. The zero-order chi connectivity index (χ0) is 12.1. The number of hydrogen-bond donors (Lipinski definition) is 1. The third-order valence-electron chi connectivity index (χ3n) is 3.15. The van der Waals surface area contributed by atoms with Crippen LogP contribution in [0.2, 0.25) is 0 Å². The zero-order valence-electron chi connectivity index (χ0n) is 9.50. The SMILES string of the molecule is Nc1nc2ccccc2c2c1nc1n2C=COC1. The van der Waals surface area contributed by atoms with Gasteiger partial charge in [-0.05, 0) is 6.07 Å². The fraction of sp³-hybridized carbons (Fsp3) is 0.0769. The van der Waals surface area contributed by atoms with Crippen molar-refractivity contribution in [2.24, 2.45) is 0 Å². The molecule has 0 radical (unpaired) electrons. The Hall–Kier alpha value is -2.56. The highest BCUT2D eigenvalue weighted by molar-refractivity contribution is 6.07. The van der Waals surface area contributed by atoms with Crippen LogP contribution in [0.25, 0.3) is 28.1 Å². The van der Waals surface area contributed by atoms with Crippen LogP contribution in [0.3, 0.4) is 0 Å². The number of nitrogen functional groups attached to an aromatic ring is 1. The van der Waals surface area contributed by atoms with Crippen molar-refractivity contribution in [3.05, 3.63) is 36.4 Å². The van der Waals surface area contributed by atoms with Crippen molar-refractivity contribution >= 4 is 34.0 Å². The molecule has 0 saturated carbocycles. The summed E-state index contributed by atoms with van der Waals surface area (Å²) in [5, 5.41) is 1.05. The van der Waals surface area contributed by atoms with Crippen molar-refractivity contribution in [1.82, 2.24) is 14.5 Å². The first-order valence-corrected chi connectivity index (χ1v) is 5.68. The summed E-state index contributed by atoms with van der Waals surface area (Å²) in [5.41, 5.74) is 8.59. The van der Waals surface area contributed by atoms with E-state index in [9.17, 15) is 0 Å². The topological polar surface area (TPSA) is 66.0 Å². The van der Waals surface area contributed by atoms with Gasteiger partial charge in [-0.25, -0.2) is 9.97 Å². The maximum Gasteiger partial charge on any atom is 0.152 e. The predicted molar refractivity (Wildman–Crippen MR) is 69.6 cm³/mol. The van der Waals surface area contributed by atoms with Crippen molar-refractivity contribution in [2.75, 3.05) is 5.73 Å². The summed E-state index contributed by atoms with van der Waals surface area (Å²) in [7, 11) is 0. The van der Waals surface area contributed by atoms with Crippen LogP contribution in [0.5, 0.6) is 0 Å². The van der Waals surface area contributed by atoms with Crippen molar-refractivity contribution in [3.8, 4) is 0 Å². The molecule has 1 aliphatic heterocycles. The van der Waals surface area contributed by atoms with Crippen molar-refractivity contribution in [3.63, 3.8) is 0 Å². The summed E-state index contributed by atoms with van der Waals surface area (Å²) >= 11 is 0. The second-order valence-corrected chi connectivity index (χ2v) is 4.21. The van der Waals surface area contributed by atoms with Crippen molar-refractivity contribution in [2.45, 2.75) is 6.61 Å². The molecule has 2 aromatic heterocycles. The molecule has 5 heteroatoms. The monoisotopic (exact) mass is 238 g/mol. The lowest BCUT2D eigenvalue weighted by atomic mass is 10.2. The molecule has 0 saturated heterocycles. The maximum atomic E-state index is 5.98. The Kier molecular flexibility index (Phi) is 1.70. The molecule has 0 bridgehead atoms. The fourth-order valence-electron chi connectivity index (χ4n) is 2.36. The first-order valence-electron chi connectivity index (χ1n) is 5.68. The van der Waals surface area contributed by atoms with E-state index in [1.165, 1.54) is 0 Å². The van der Waals surface area contributed by atoms with Crippen LogP contribution in [-0.4, -0.2) is 14.5 Å². The molecule has 3 aromatic rings. The van der Waals surface area contributed by atoms with Gasteiger partial charge in [0.05, 0.1) is 11.0 Å². The van der Waals surface area contributed by atoms with E-state index in [0.29, 0.717) is 12.4 Å². The summed E-state index contributed by atoms with van der Waals surface area (Å²) in [6.07, 6.45) is 3.53. The van der Waals surface area contributed by atoms with Crippen LogP contribution in [0.4, 0.5) is 5.82 Å². The van der Waals surface area contributed by atoms with Crippen LogP contribution in [0.1, 0.15) is 5.82 Å². The molecule has 0 fully saturated rings. The van der Waals surface area contributed by atoms with Gasteiger partial charge in [0, 0.05) is 11.6 Å². The van der Waals surface area contributed by atoms with Gasteiger partial charge in [0.15, 0.2) is 11.6 Å². The highest BCUT2D eigenvalue weighted by Gasteiger charge is 2.17. The third kappa shape index (κ3) is 1.10. The Morgan fingerprint density at radius 1 is 1.22 bits per heavy atom. The number of fused-ring (bicyclic) bond motifs is 5. The van der Waals surface area contributed by atoms with Gasteiger partial charge in [-0.1, -0.05) is 18.2 Å². The number of para-hydroxylation sites is 1. The number of nitrogens with zero attached hydrogens (tertiary/aromatic N) is 3. The number of nitrogens with two attached hydrogens (primary N) is 1. The van der Waals surface area contributed by atoms with Crippen LogP contribution < -0.4 is 5.73 Å². The molecule has 2 N–H and O–H groups in total. The Morgan fingerprint density at radius 3 is 3.06 bits per heavy atom. The van der Waals surface area contributed by atoms with E-state index in [0.717, 1.165) is 27.8 Å². The molecular formula is C13H10N4O. The minimum absolute atomic E-state index is 0.457. The van der Waals surface area contributed by atoms with E-state index in [2.05, 4.69) is 9.97 Å². The summed E-state index contributed by atoms with van der Waals surface area (Å²) in [6, 6.07) is 7.92. The molecule has 0 aliphatic carbocycles. The molecule has 0 unspecified atom stereocenters. The molecule has 5 nitrogen and oxygen atoms in total. The maximum absolute atomic E-state index is 5.98. The van der Waals surface area contributed by atoms with Crippen molar-refractivity contribution < 1.29 is 4.74 Å². The number of aromatic nitrogens is 3. The molecule has 18 heavy (non-hydrogen) atoms. The average molecular weight is 238 g/mol. The van der Waals surface area contributed by atoms with E-state index in [1.54, 1.807) is 6.26 Å². The molecule has 1 aliphatic rings. The molecule has 1 aromatic carbocycles. The second kappa shape index (κ2) is 3.22. The fourth-order valence-corrected chi connectivity index (χ4v) is 2.36. The first-order chi connectivity index (χ1) is 8.84. The van der Waals surface area contributed by atoms with Gasteiger partial charge < -0.3 is 10.5 Å². The number of rotatable bonds is 0. The molecule has 3 heterocycles. The van der Waals surface area contributed by atoms with Gasteiger partial charge in [-0.15, -0.1) is 0 Å². The van der Waals surface area contributed by atoms with Gasteiger partial charge in [0.1, 0.15) is 18.4 Å². The van der Waals surface area contributed by atoms with E-state index >= 15 is 0 Å². The molecular weight excluding hydrogens is 228 g/mol. The number of hydrogen-bond acceptors (Lipinski definition) is 4. The normalized spacial score (nSPS) is 13.8. The van der Waals surface area contributed by atoms with E-state index in [4.69, 9.17) is 10.5 Å². The van der Waals surface area contributed by atoms with Gasteiger partial charge in [-0.2, -0.15) is 0 Å². The Morgan fingerprint density at radius 2 is 2.11 bits per heavy atom. The lowest BCUT2D eigenvalue weighted by molar-refractivity contribution is 0.221. The minimum atomic E-state index is 0.457. The number of benzene rings is 1. The van der Waals surface area contributed by atoms with Gasteiger partial charge in [0.25, 0.3) is 0 Å². The zero-order valence-corrected chi connectivity index (χ0v) is 9.50. The number of ether oxygens (including phenoxy) is 1. The number of anilines is 1.